The molecule has 0 saturated carbocycles. The standard InChI is InChI=1S/C24H36N4O5S/c1-19-8-16-27(17-9-19)34(32,33)21-6-7-22(23(18-21)28(30)31)25-14-10-20(11-15-25)24(29)26-12-4-2-3-5-13-26/h6-7,18-20H,2-5,8-17H2,1H3. The zero-order valence-corrected chi connectivity index (χ0v) is 20.8. The summed E-state index contributed by atoms with van der Waals surface area (Å²) in [6.07, 6.45) is 7.36. The number of nitrogens with zero attached hydrogens (tertiary/aromatic N) is 4. The number of sulfonamides is 1. The molecule has 34 heavy (non-hydrogen) atoms. The first kappa shape index (κ1) is 24.9. The van der Waals surface area contributed by atoms with Crippen molar-refractivity contribution in [2.75, 3.05) is 44.2 Å². The minimum absolute atomic E-state index is 0.0243. The summed E-state index contributed by atoms with van der Waals surface area (Å²) in [5.74, 6) is 0.653. The van der Waals surface area contributed by atoms with Crippen molar-refractivity contribution in [1.82, 2.24) is 9.21 Å². The molecular formula is C24H36N4O5S. The molecule has 188 valence electrons. The van der Waals surface area contributed by atoms with E-state index in [4.69, 9.17) is 0 Å². The minimum Gasteiger partial charge on any atom is -0.366 e. The molecule has 0 atom stereocenters. The molecule has 1 aromatic carbocycles. The van der Waals surface area contributed by atoms with Crippen molar-refractivity contribution >= 4 is 27.3 Å². The van der Waals surface area contributed by atoms with Crippen LogP contribution >= 0.6 is 0 Å². The van der Waals surface area contributed by atoms with E-state index >= 15 is 0 Å². The summed E-state index contributed by atoms with van der Waals surface area (Å²) in [6, 6.07) is 4.26. The van der Waals surface area contributed by atoms with E-state index in [0.29, 0.717) is 50.6 Å². The van der Waals surface area contributed by atoms with Crippen LogP contribution in [0, 0.1) is 22.0 Å². The van der Waals surface area contributed by atoms with E-state index < -0.39 is 14.9 Å². The quantitative estimate of drug-likeness (QED) is 0.459. The Kier molecular flexibility index (Phi) is 7.77. The fourth-order valence-corrected chi connectivity index (χ4v) is 6.86. The number of carbonyl (C=O) groups excluding carboxylic acids is 1. The highest BCUT2D eigenvalue weighted by Crippen LogP contribution is 2.35. The van der Waals surface area contributed by atoms with Crippen LogP contribution in [0.1, 0.15) is 58.3 Å². The summed E-state index contributed by atoms with van der Waals surface area (Å²) in [5.41, 5.74) is 0.237. The molecule has 3 aliphatic rings. The summed E-state index contributed by atoms with van der Waals surface area (Å²) < 4.78 is 27.6. The van der Waals surface area contributed by atoms with Crippen molar-refractivity contribution in [2.24, 2.45) is 11.8 Å². The second kappa shape index (κ2) is 10.6. The van der Waals surface area contributed by atoms with Gasteiger partial charge in [0.15, 0.2) is 0 Å². The van der Waals surface area contributed by atoms with Crippen LogP contribution in [0.3, 0.4) is 0 Å². The molecular weight excluding hydrogens is 456 g/mol. The van der Waals surface area contributed by atoms with Gasteiger partial charge in [-0.15, -0.1) is 0 Å². The van der Waals surface area contributed by atoms with Crippen LogP contribution < -0.4 is 4.90 Å². The molecule has 3 saturated heterocycles. The maximum Gasteiger partial charge on any atom is 0.293 e. The number of nitro groups is 1. The molecule has 0 aliphatic carbocycles. The molecule has 0 bridgehead atoms. The van der Waals surface area contributed by atoms with Crippen LogP contribution in [-0.4, -0.2) is 67.7 Å². The summed E-state index contributed by atoms with van der Waals surface area (Å²) in [7, 11) is -3.76. The second-order valence-corrected chi connectivity index (χ2v) is 11.9. The number of rotatable bonds is 5. The fraction of sp³-hybridized carbons (Fsp3) is 0.708. The highest BCUT2D eigenvalue weighted by molar-refractivity contribution is 7.89. The zero-order chi connectivity index (χ0) is 24.3. The average Bonchev–Trinajstić information content (AvgIpc) is 3.13. The lowest BCUT2D eigenvalue weighted by Crippen LogP contribution is -2.43. The van der Waals surface area contributed by atoms with Crippen LogP contribution in [0.15, 0.2) is 23.1 Å². The molecule has 3 heterocycles. The van der Waals surface area contributed by atoms with Gasteiger partial charge in [-0.3, -0.25) is 14.9 Å². The van der Waals surface area contributed by atoms with Crippen molar-refractivity contribution in [1.29, 1.82) is 0 Å². The first-order valence-electron chi connectivity index (χ1n) is 12.6. The lowest BCUT2D eigenvalue weighted by atomic mass is 9.94. The van der Waals surface area contributed by atoms with Gasteiger partial charge < -0.3 is 9.80 Å². The van der Waals surface area contributed by atoms with Crippen LogP contribution in [-0.2, 0) is 14.8 Å². The van der Waals surface area contributed by atoms with Crippen LogP contribution in [0.25, 0.3) is 0 Å². The first-order valence-corrected chi connectivity index (χ1v) is 14.0. The Balaban J connectivity index is 1.46. The normalized spacial score (nSPS) is 21.9. The molecule has 1 amide bonds. The van der Waals surface area contributed by atoms with Crippen molar-refractivity contribution < 1.29 is 18.1 Å². The molecule has 3 aliphatic heterocycles. The largest absolute Gasteiger partial charge is 0.366 e. The summed E-state index contributed by atoms with van der Waals surface area (Å²) in [4.78, 5) is 28.3. The number of amides is 1. The predicted octanol–water partition coefficient (Wildman–Crippen LogP) is 3.63. The van der Waals surface area contributed by atoms with Gasteiger partial charge in [-0.05, 0) is 56.6 Å². The monoisotopic (exact) mass is 492 g/mol. The fourth-order valence-electron chi connectivity index (χ4n) is 5.37. The summed E-state index contributed by atoms with van der Waals surface area (Å²) >= 11 is 0. The number of hydrogen-bond acceptors (Lipinski definition) is 6. The third kappa shape index (κ3) is 5.38. The average molecular weight is 493 g/mol. The lowest BCUT2D eigenvalue weighted by Gasteiger charge is -2.35. The Morgan fingerprint density at radius 3 is 2.15 bits per heavy atom. The molecule has 0 spiro atoms. The second-order valence-electron chi connectivity index (χ2n) is 10.00. The summed E-state index contributed by atoms with van der Waals surface area (Å²) in [6.45, 7) is 5.73. The van der Waals surface area contributed by atoms with E-state index in [0.717, 1.165) is 38.8 Å². The topological polar surface area (TPSA) is 104 Å². The molecule has 1 aromatic rings. The van der Waals surface area contributed by atoms with Gasteiger partial charge >= 0.3 is 0 Å². The predicted molar refractivity (Wildman–Crippen MR) is 130 cm³/mol. The van der Waals surface area contributed by atoms with E-state index in [-0.39, 0.29) is 22.4 Å². The van der Waals surface area contributed by atoms with Crippen molar-refractivity contribution in [2.45, 2.75) is 63.2 Å². The van der Waals surface area contributed by atoms with Gasteiger partial charge in [0.25, 0.3) is 5.69 Å². The van der Waals surface area contributed by atoms with Gasteiger partial charge in [0.1, 0.15) is 5.69 Å². The van der Waals surface area contributed by atoms with E-state index in [1.54, 1.807) is 6.07 Å². The number of piperidine rings is 2. The van der Waals surface area contributed by atoms with Crippen molar-refractivity contribution in [3.05, 3.63) is 28.3 Å². The van der Waals surface area contributed by atoms with Crippen molar-refractivity contribution in [3.8, 4) is 0 Å². The molecule has 0 radical (unpaired) electrons. The maximum atomic E-state index is 13.1. The van der Waals surface area contributed by atoms with Gasteiger partial charge in [0.2, 0.25) is 15.9 Å². The SMILES string of the molecule is CC1CCN(S(=O)(=O)c2ccc(N3CCC(C(=O)N4CCCCCC4)CC3)c([N+](=O)[O-])c2)CC1. The Morgan fingerprint density at radius 1 is 0.941 bits per heavy atom. The molecule has 0 unspecified atom stereocenters. The number of carbonyl (C=O) groups is 1. The lowest BCUT2D eigenvalue weighted by molar-refractivity contribution is -0.384. The Hall–Kier alpha value is -2.20. The molecule has 9 nitrogen and oxygen atoms in total. The minimum atomic E-state index is -3.76. The van der Waals surface area contributed by atoms with Gasteiger partial charge in [-0.1, -0.05) is 19.8 Å². The van der Waals surface area contributed by atoms with E-state index in [2.05, 4.69) is 6.92 Å². The molecule has 4 rings (SSSR count). The van der Waals surface area contributed by atoms with Gasteiger partial charge in [0, 0.05) is 51.3 Å². The molecule has 10 heteroatoms. The Labute approximate surface area is 202 Å². The van der Waals surface area contributed by atoms with Crippen LogP contribution in [0.4, 0.5) is 11.4 Å². The van der Waals surface area contributed by atoms with Gasteiger partial charge in [0.05, 0.1) is 9.82 Å². The van der Waals surface area contributed by atoms with Crippen molar-refractivity contribution in [3.63, 3.8) is 0 Å². The molecule has 0 N–H and O–H groups in total. The maximum absolute atomic E-state index is 13.1. The third-order valence-electron chi connectivity index (χ3n) is 7.63. The molecule has 3 fully saturated rings. The first-order chi connectivity index (χ1) is 16.3. The highest BCUT2D eigenvalue weighted by atomic mass is 32.2. The number of benzene rings is 1. The van der Waals surface area contributed by atoms with Crippen LogP contribution in [0.2, 0.25) is 0 Å². The third-order valence-corrected chi connectivity index (χ3v) is 9.52. The van der Waals surface area contributed by atoms with Crippen LogP contribution in [0.5, 0.6) is 0 Å². The number of nitro benzene ring substituents is 1. The Morgan fingerprint density at radius 2 is 1.56 bits per heavy atom. The van der Waals surface area contributed by atoms with E-state index in [1.165, 1.54) is 29.3 Å². The number of likely N-dealkylation sites (tertiary alicyclic amines) is 1. The van der Waals surface area contributed by atoms with E-state index in [1.807, 2.05) is 9.80 Å². The highest BCUT2D eigenvalue weighted by Gasteiger charge is 2.33. The Bertz CT molecular complexity index is 991. The summed E-state index contributed by atoms with van der Waals surface area (Å²) in [5, 5.41) is 11.9. The van der Waals surface area contributed by atoms with E-state index in [9.17, 15) is 23.3 Å². The van der Waals surface area contributed by atoms with Gasteiger partial charge in [-0.25, -0.2) is 8.42 Å². The number of anilines is 1. The zero-order valence-electron chi connectivity index (χ0n) is 20.0. The molecule has 0 aromatic heterocycles. The smallest absolute Gasteiger partial charge is 0.293 e. The van der Waals surface area contributed by atoms with Gasteiger partial charge in [-0.2, -0.15) is 4.31 Å². The number of hydrogen-bond donors (Lipinski definition) is 0.